The summed E-state index contributed by atoms with van der Waals surface area (Å²) < 4.78 is 0. The van der Waals surface area contributed by atoms with E-state index in [0.29, 0.717) is 0 Å². The zero-order valence-electron chi connectivity index (χ0n) is 15.6. The number of fused-ring (bicyclic) bond motifs is 3. The van der Waals surface area contributed by atoms with Gasteiger partial charge in [0.05, 0.1) is 5.69 Å². The molecule has 0 aliphatic carbocycles. The molecule has 0 unspecified atom stereocenters. The van der Waals surface area contributed by atoms with Crippen molar-refractivity contribution in [3.8, 4) is 0 Å². The van der Waals surface area contributed by atoms with E-state index in [9.17, 15) is 0 Å². The van der Waals surface area contributed by atoms with Crippen LogP contribution in [-0.2, 0) is 0 Å². The van der Waals surface area contributed by atoms with Crippen molar-refractivity contribution in [2.45, 2.75) is 0 Å². The van der Waals surface area contributed by atoms with E-state index in [1.165, 1.54) is 33.0 Å². The summed E-state index contributed by atoms with van der Waals surface area (Å²) in [5.41, 5.74) is 8.02. The quantitative estimate of drug-likeness (QED) is 0.384. The van der Waals surface area contributed by atoms with Crippen molar-refractivity contribution in [1.82, 2.24) is 9.97 Å². The van der Waals surface area contributed by atoms with Crippen molar-refractivity contribution in [3.05, 3.63) is 108 Å². The number of rotatable bonds is 2. The van der Waals surface area contributed by atoms with E-state index in [-0.39, 0.29) is 0 Å². The van der Waals surface area contributed by atoms with Crippen LogP contribution in [0.2, 0.25) is 0 Å². The van der Waals surface area contributed by atoms with Crippen molar-refractivity contribution < 1.29 is 0 Å². The number of aromatic nitrogens is 2. The number of nitrogens with zero attached hydrogens (tertiary/aromatic N) is 2. The summed E-state index contributed by atoms with van der Waals surface area (Å²) in [6.07, 6.45) is 7.90. The van der Waals surface area contributed by atoms with Gasteiger partial charge in [0, 0.05) is 63.4 Å². The topological polar surface area (TPSA) is 41.0 Å². The highest BCUT2D eigenvalue weighted by Gasteiger charge is 2.22. The summed E-state index contributed by atoms with van der Waals surface area (Å²) in [5.74, 6) is 0. The van der Waals surface area contributed by atoms with Crippen LogP contribution in [0.5, 0.6) is 0 Å². The summed E-state index contributed by atoms with van der Waals surface area (Å²) in [6.45, 7) is 0. The molecule has 3 nitrogen and oxygen atoms in total. The summed E-state index contributed by atoms with van der Waals surface area (Å²) in [5, 5.41) is 3.53. The van der Waals surface area contributed by atoms with Gasteiger partial charge < -0.3 is 4.98 Å². The van der Waals surface area contributed by atoms with Gasteiger partial charge in [0.25, 0.3) is 0 Å². The minimum Gasteiger partial charge on any atom is -0.361 e. The van der Waals surface area contributed by atoms with Crippen LogP contribution < -0.4 is 0 Å². The zero-order chi connectivity index (χ0) is 19.2. The van der Waals surface area contributed by atoms with E-state index in [2.05, 4.69) is 82.9 Å². The lowest BCUT2D eigenvalue weighted by atomic mass is 9.88. The third-order valence-corrected chi connectivity index (χ3v) is 5.60. The molecule has 1 N–H and O–H groups in total. The van der Waals surface area contributed by atoms with Crippen LogP contribution in [0.15, 0.2) is 96.4 Å². The van der Waals surface area contributed by atoms with Gasteiger partial charge in [-0.1, -0.05) is 54.6 Å². The minimum absolute atomic E-state index is 1.02. The Bertz CT molecular complexity index is 1450. The molecule has 0 fully saturated rings. The number of hydrogen-bond donors (Lipinski definition) is 1. The summed E-state index contributed by atoms with van der Waals surface area (Å²) in [6, 6.07) is 25.3. The molecule has 0 atom stereocenters. The molecule has 0 spiro atoms. The molecule has 1 aliphatic rings. The standard InChI is InChI=1S/C26H17N3/c1-3-10-24-19(7-1)22(15-28-24)26(23-16-29-25-11-4-2-8-20(23)25)21-9-5-6-17-14-27-13-12-18(17)21/h1-16,28H. The predicted octanol–water partition coefficient (Wildman–Crippen LogP) is 6.39. The number of aliphatic imine (C=N–C) groups is 1. The van der Waals surface area contributed by atoms with Crippen LogP contribution in [0, 0.1) is 0 Å². The normalized spacial score (nSPS) is 14.5. The van der Waals surface area contributed by atoms with E-state index < -0.39 is 0 Å². The first-order chi connectivity index (χ1) is 14.4. The highest BCUT2D eigenvalue weighted by atomic mass is 14.8. The van der Waals surface area contributed by atoms with Gasteiger partial charge in [0.15, 0.2) is 0 Å². The fourth-order valence-corrected chi connectivity index (χ4v) is 4.27. The lowest BCUT2D eigenvalue weighted by molar-refractivity contribution is 1.36. The predicted molar refractivity (Wildman–Crippen MR) is 121 cm³/mol. The fraction of sp³-hybridized carbons (Fsp3) is 0. The van der Waals surface area contributed by atoms with Crippen molar-refractivity contribution in [1.29, 1.82) is 0 Å². The molecule has 5 aromatic rings. The van der Waals surface area contributed by atoms with Gasteiger partial charge in [-0.25, -0.2) is 0 Å². The van der Waals surface area contributed by atoms with Crippen molar-refractivity contribution in [2.24, 2.45) is 4.99 Å². The monoisotopic (exact) mass is 371 g/mol. The smallest absolute Gasteiger partial charge is 0.0709 e. The lowest BCUT2D eigenvalue weighted by Gasteiger charge is -2.14. The Morgan fingerprint density at radius 3 is 2.66 bits per heavy atom. The Morgan fingerprint density at radius 1 is 0.759 bits per heavy atom. The Kier molecular flexibility index (Phi) is 3.47. The molecule has 0 amide bonds. The molecular formula is C26H17N3. The molecule has 3 heteroatoms. The van der Waals surface area contributed by atoms with Gasteiger partial charge in [-0.2, -0.15) is 0 Å². The third-order valence-electron chi connectivity index (χ3n) is 5.60. The molecule has 136 valence electrons. The van der Waals surface area contributed by atoms with Gasteiger partial charge in [-0.15, -0.1) is 0 Å². The van der Waals surface area contributed by atoms with Gasteiger partial charge in [-0.05, 0) is 29.1 Å². The minimum atomic E-state index is 1.02. The van der Waals surface area contributed by atoms with Gasteiger partial charge in [0.1, 0.15) is 0 Å². The molecule has 1 aliphatic heterocycles. The highest BCUT2D eigenvalue weighted by molar-refractivity contribution is 6.29. The van der Waals surface area contributed by atoms with E-state index in [1.807, 2.05) is 24.7 Å². The maximum Gasteiger partial charge on any atom is 0.0709 e. The number of allylic oxidation sites excluding steroid dienone is 1. The van der Waals surface area contributed by atoms with E-state index in [0.717, 1.165) is 22.2 Å². The van der Waals surface area contributed by atoms with Crippen LogP contribution in [0.3, 0.4) is 0 Å². The van der Waals surface area contributed by atoms with Crippen LogP contribution in [0.1, 0.15) is 16.7 Å². The molecule has 0 radical (unpaired) electrons. The second-order valence-electron chi connectivity index (χ2n) is 7.21. The van der Waals surface area contributed by atoms with E-state index >= 15 is 0 Å². The van der Waals surface area contributed by atoms with E-state index in [1.54, 1.807) is 0 Å². The number of aromatic amines is 1. The molecule has 0 bridgehead atoms. The van der Waals surface area contributed by atoms with Crippen LogP contribution in [0.4, 0.5) is 5.69 Å². The number of nitrogens with one attached hydrogen (secondary N) is 1. The van der Waals surface area contributed by atoms with Crippen LogP contribution in [-0.4, -0.2) is 16.2 Å². The average molecular weight is 371 g/mol. The summed E-state index contributed by atoms with van der Waals surface area (Å²) in [7, 11) is 0. The Labute approximate surface area is 168 Å². The fourth-order valence-electron chi connectivity index (χ4n) is 4.27. The molecule has 0 saturated heterocycles. The number of pyridine rings is 1. The zero-order valence-corrected chi connectivity index (χ0v) is 15.6. The Balaban J connectivity index is 1.76. The van der Waals surface area contributed by atoms with Crippen molar-refractivity contribution in [3.63, 3.8) is 0 Å². The maximum atomic E-state index is 4.69. The highest BCUT2D eigenvalue weighted by Crippen LogP contribution is 2.42. The van der Waals surface area contributed by atoms with Crippen molar-refractivity contribution >= 4 is 44.7 Å². The molecular weight excluding hydrogens is 354 g/mol. The van der Waals surface area contributed by atoms with Crippen LogP contribution in [0.25, 0.3) is 32.8 Å². The lowest BCUT2D eigenvalue weighted by Crippen LogP contribution is -1.95. The molecule has 0 saturated carbocycles. The van der Waals surface area contributed by atoms with E-state index in [4.69, 9.17) is 4.99 Å². The van der Waals surface area contributed by atoms with Gasteiger partial charge in [0.2, 0.25) is 0 Å². The van der Waals surface area contributed by atoms with Gasteiger partial charge >= 0.3 is 0 Å². The number of hydrogen-bond acceptors (Lipinski definition) is 2. The second-order valence-corrected chi connectivity index (χ2v) is 7.21. The molecule has 29 heavy (non-hydrogen) atoms. The first-order valence-corrected chi connectivity index (χ1v) is 9.67. The molecule has 6 rings (SSSR count). The number of benzene rings is 3. The first kappa shape index (κ1) is 16.0. The molecule has 3 heterocycles. The van der Waals surface area contributed by atoms with Gasteiger partial charge in [-0.3, -0.25) is 9.98 Å². The maximum absolute atomic E-state index is 4.69. The van der Waals surface area contributed by atoms with Crippen LogP contribution >= 0.6 is 0 Å². The first-order valence-electron chi connectivity index (χ1n) is 9.67. The average Bonchev–Trinajstić information content (AvgIpc) is 3.40. The molecule has 3 aromatic carbocycles. The molecule has 2 aromatic heterocycles. The van der Waals surface area contributed by atoms with Crippen molar-refractivity contribution in [2.75, 3.05) is 0 Å². The Morgan fingerprint density at radius 2 is 1.66 bits per heavy atom. The Hall–Kier alpha value is -3.98. The summed E-state index contributed by atoms with van der Waals surface area (Å²) in [4.78, 5) is 12.4. The second kappa shape index (κ2) is 6.28. The third kappa shape index (κ3) is 2.44. The summed E-state index contributed by atoms with van der Waals surface area (Å²) >= 11 is 0. The number of para-hydroxylation sites is 2. The SMILES string of the molecule is C1=Nc2ccccc2C1=C(c1cccc2cnccc12)c1c[nH]c2ccccc12. The number of H-pyrrole nitrogens is 1. The largest absolute Gasteiger partial charge is 0.361 e.